The number of hydrogen-bond acceptors (Lipinski definition) is 2. The lowest BCUT2D eigenvalue weighted by molar-refractivity contribution is -0.137. The Morgan fingerprint density at radius 1 is 1.41 bits per heavy atom. The zero-order valence-corrected chi connectivity index (χ0v) is 13.1. The Hall–Kier alpha value is -1.83. The Morgan fingerprint density at radius 3 is 2.68 bits per heavy atom. The third-order valence-corrected chi connectivity index (χ3v) is 3.41. The van der Waals surface area contributed by atoms with Gasteiger partial charge in [0.15, 0.2) is 0 Å². The van der Waals surface area contributed by atoms with Gasteiger partial charge in [-0.3, -0.25) is 9.48 Å². The molecular formula is C14H13BrF3N3O. The smallest absolute Gasteiger partial charge is 0.325 e. The number of nitrogens with one attached hydrogen (secondary N) is 1. The van der Waals surface area contributed by atoms with E-state index >= 15 is 0 Å². The second-order valence-electron chi connectivity index (χ2n) is 4.81. The van der Waals surface area contributed by atoms with E-state index in [0.717, 1.165) is 10.5 Å². The van der Waals surface area contributed by atoms with Crippen molar-refractivity contribution in [3.63, 3.8) is 0 Å². The largest absolute Gasteiger partial charge is 0.418 e. The van der Waals surface area contributed by atoms with E-state index in [1.807, 2.05) is 0 Å². The van der Waals surface area contributed by atoms with Gasteiger partial charge in [0.2, 0.25) is 5.91 Å². The molecule has 0 unspecified atom stereocenters. The molecule has 2 rings (SSSR count). The average molecular weight is 376 g/mol. The zero-order valence-electron chi connectivity index (χ0n) is 11.6. The van der Waals surface area contributed by atoms with Crippen LogP contribution in [0.2, 0.25) is 0 Å². The molecule has 1 heterocycles. The van der Waals surface area contributed by atoms with Crippen LogP contribution in [0.5, 0.6) is 0 Å². The van der Waals surface area contributed by atoms with E-state index in [9.17, 15) is 18.0 Å². The maximum Gasteiger partial charge on any atom is 0.418 e. The fraction of sp³-hybridized carbons (Fsp3) is 0.286. The molecular weight excluding hydrogens is 363 g/mol. The van der Waals surface area contributed by atoms with Gasteiger partial charge in [0.05, 0.1) is 34.4 Å². The summed E-state index contributed by atoms with van der Waals surface area (Å²) in [5.74, 6) is -1.03. The first-order chi connectivity index (χ1) is 10.3. The fourth-order valence-electron chi connectivity index (χ4n) is 1.90. The van der Waals surface area contributed by atoms with Gasteiger partial charge in [-0.05, 0) is 28.1 Å². The van der Waals surface area contributed by atoms with Crippen LogP contribution >= 0.6 is 15.9 Å². The number of carbonyl (C=O) groups is 1. The monoisotopic (exact) mass is 375 g/mol. The van der Waals surface area contributed by atoms with Crippen molar-refractivity contribution in [3.05, 3.63) is 46.7 Å². The van der Waals surface area contributed by atoms with Crippen molar-refractivity contribution in [3.8, 4) is 0 Å². The topological polar surface area (TPSA) is 46.9 Å². The van der Waals surface area contributed by atoms with Crippen LogP contribution in [0.1, 0.15) is 12.5 Å². The molecule has 8 heteroatoms. The summed E-state index contributed by atoms with van der Waals surface area (Å²) in [5.41, 5.74) is -1.11. The molecule has 0 aliphatic heterocycles. The first kappa shape index (κ1) is 16.5. The van der Waals surface area contributed by atoms with Gasteiger partial charge in [-0.1, -0.05) is 19.1 Å². The Morgan fingerprint density at radius 2 is 2.09 bits per heavy atom. The summed E-state index contributed by atoms with van der Waals surface area (Å²) in [6, 6.07) is 4.89. The minimum Gasteiger partial charge on any atom is -0.325 e. The highest BCUT2D eigenvalue weighted by atomic mass is 79.9. The van der Waals surface area contributed by atoms with Crippen LogP contribution in [-0.2, 0) is 17.5 Å². The molecule has 118 valence electrons. The average Bonchev–Trinajstić information content (AvgIpc) is 2.83. The van der Waals surface area contributed by atoms with Gasteiger partial charge in [-0.2, -0.15) is 18.3 Å². The Bertz CT molecular complexity index is 669. The summed E-state index contributed by atoms with van der Waals surface area (Å²) >= 11 is 3.24. The van der Waals surface area contributed by atoms with Crippen molar-refractivity contribution in [2.75, 3.05) is 5.32 Å². The Balaban J connectivity index is 2.09. The van der Waals surface area contributed by atoms with Crippen molar-refractivity contribution in [1.82, 2.24) is 9.78 Å². The lowest BCUT2D eigenvalue weighted by Gasteiger charge is -2.16. The van der Waals surface area contributed by atoms with Crippen molar-refractivity contribution in [2.45, 2.75) is 19.6 Å². The lowest BCUT2D eigenvalue weighted by atomic mass is 10.1. The van der Waals surface area contributed by atoms with Crippen LogP contribution in [0.15, 0.2) is 41.1 Å². The maximum absolute atomic E-state index is 12.9. The first-order valence-corrected chi connectivity index (χ1v) is 7.21. The van der Waals surface area contributed by atoms with Crippen LogP contribution in [0.25, 0.3) is 0 Å². The SMILES string of the molecule is C[C@H](Cn1cc(Br)cn1)C(=O)Nc1ccccc1C(F)(F)F. The van der Waals surface area contributed by atoms with Crippen LogP contribution in [-0.4, -0.2) is 15.7 Å². The van der Waals surface area contributed by atoms with Crippen molar-refractivity contribution >= 4 is 27.5 Å². The number of anilines is 1. The number of amides is 1. The molecule has 1 atom stereocenters. The normalized spacial score (nSPS) is 13.0. The lowest BCUT2D eigenvalue weighted by Crippen LogP contribution is -2.26. The molecule has 1 aromatic carbocycles. The molecule has 1 aromatic heterocycles. The van der Waals surface area contributed by atoms with Crippen molar-refractivity contribution in [1.29, 1.82) is 0 Å². The fourth-order valence-corrected chi connectivity index (χ4v) is 2.22. The zero-order chi connectivity index (χ0) is 16.3. The van der Waals surface area contributed by atoms with Gasteiger partial charge in [0.1, 0.15) is 0 Å². The van der Waals surface area contributed by atoms with E-state index in [1.165, 1.54) is 18.2 Å². The van der Waals surface area contributed by atoms with E-state index in [0.29, 0.717) is 0 Å². The minimum absolute atomic E-state index is 0.242. The van der Waals surface area contributed by atoms with Crippen LogP contribution in [0.4, 0.5) is 18.9 Å². The van der Waals surface area contributed by atoms with E-state index in [1.54, 1.807) is 24.0 Å². The number of aromatic nitrogens is 2. The molecule has 0 aliphatic carbocycles. The third-order valence-electron chi connectivity index (χ3n) is 3.00. The van der Waals surface area contributed by atoms with Crippen LogP contribution in [0.3, 0.4) is 0 Å². The summed E-state index contributed by atoms with van der Waals surface area (Å²) in [4.78, 5) is 12.1. The number of hydrogen-bond donors (Lipinski definition) is 1. The third kappa shape index (κ3) is 4.09. The summed E-state index contributed by atoms with van der Waals surface area (Å²) < 4.78 is 40.9. The number of carbonyl (C=O) groups excluding carboxylic acids is 1. The maximum atomic E-state index is 12.9. The second-order valence-corrected chi connectivity index (χ2v) is 5.73. The van der Waals surface area contributed by atoms with Gasteiger partial charge >= 0.3 is 6.18 Å². The van der Waals surface area contributed by atoms with Gasteiger partial charge in [-0.15, -0.1) is 0 Å². The van der Waals surface area contributed by atoms with Gasteiger partial charge in [-0.25, -0.2) is 0 Å². The summed E-state index contributed by atoms with van der Waals surface area (Å²) in [6.45, 7) is 1.90. The first-order valence-electron chi connectivity index (χ1n) is 6.42. The van der Waals surface area contributed by atoms with Crippen LogP contribution < -0.4 is 5.32 Å². The predicted octanol–water partition coefficient (Wildman–Crippen LogP) is 3.94. The van der Waals surface area contributed by atoms with Gasteiger partial charge in [0.25, 0.3) is 0 Å². The molecule has 0 saturated carbocycles. The number of rotatable bonds is 4. The Kier molecular flexibility index (Phi) is 4.90. The molecule has 0 saturated heterocycles. The molecule has 0 aliphatic rings. The molecule has 2 aromatic rings. The number of benzene rings is 1. The number of halogens is 4. The van der Waals surface area contributed by atoms with E-state index in [-0.39, 0.29) is 12.2 Å². The van der Waals surface area contributed by atoms with E-state index < -0.39 is 23.6 Å². The standard InChI is InChI=1S/C14H13BrF3N3O/c1-9(7-21-8-10(15)6-19-21)13(22)20-12-5-3-2-4-11(12)14(16,17)18/h2-6,8-9H,7H2,1H3,(H,20,22)/t9-/m1/s1. The molecule has 0 bridgehead atoms. The number of alkyl halides is 3. The summed E-state index contributed by atoms with van der Waals surface area (Å²) in [6.07, 6.45) is -1.25. The molecule has 1 amide bonds. The second kappa shape index (κ2) is 6.51. The molecule has 1 N–H and O–H groups in total. The molecule has 0 fully saturated rings. The van der Waals surface area contributed by atoms with Gasteiger partial charge in [0, 0.05) is 6.20 Å². The Labute approximate surface area is 133 Å². The molecule has 0 spiro atoms. The van der Waals surface area contributed by atoms with E-state index in [2.05, 4.69) is 26.3 Å². The van der Waals surface area contributed by atoms with Crippen molar-refractivity contribution < 1.29 is 18.0 Å². The summed E-state index contributed by atoms with van der Waals surface area (Å²) in [7, 11) is 0. The van der Waals surface area contributed by atoms with E-state index in [4.69, 9.17) is 0 Å². The highest BCUT2D eigenvalue weighted by Crippen LogP contribution is 2.34. The van der Waals surface area contributed by atoms with Crippen LogP contribution in [0, 0.1) is 5.92 Å². The predicted molar refractivity (Wildman–Crippen MR) is 79.2 cm³/mol. The molecule has 4 nitrogen and oxygen atoms in total. The minimum atomic E-state index is -4.51. The highest BCUT2D eigenvalue weighted by Gasteiger charge is 2.33. The molecule has 22 heavy (non-hydrogen) atoms. The molecule has 0 radical (unpaired) electrons. The number of para-hydroxylation sites is 1. The number of nitrogens with zero attached hydrogens (tertiary/aromatic N) is 2. The van der Waals surface area contributed by atoms with Crippen molar-refractivity contribution in [2.24, 2.45) is 5.92 Å². The summed E-state index contributed by atoms with van der Waals surface area (Å²) in [5, 5.41) is 6.34. The quantitative estimate of drug-likeness (QED) is 0.879. The highest BCUT2D eigenvalue weighted by molar-refractivity contribution is 9.10. The van der Waals surface area contributed by atoms with Gasteiger partial charge < -0.3 is 5.32 Å².